The van der Waals surface area contributed by atoms with Gasteiger partial charge in [0.2, 0.25) is 0 Å². The zero-order chi connectivity index (χ0) is 13.4. The molecule has 0 heterocycles. The van der Waals surface area contributed by atoms with Crippen LogP contribution in [0, 0.1) is 0 Å². The quantitative estimate of drug-likeness (QED) is 0.832. The molecule has 0 aromatic heterocycles. The van der Waals surface area contributed by atoms with Crippen LogP contribution in [0.4, 0.5) is 17.6 Å². The van der Waals surface area contributed by atoms with Gasteiger partial charge in [-0.25, -0.2) is 22.4 Å². The first-order valence-corrected chi connectivity index (χ1v) is 4.67. The summed E-state index contributed by atoms with van der Waals surface area (Å²) in [5.41, 5.74) is -2.07. The summed E-state index contributed by atoms with van der Waals surface area (Å²) in [4.78, 5) is 10.7. The summed E-state index contributed by atoms with van der Waals surface area (Å²) >= 11 is 0. The van der Waals surface area contributed by atoms with Gasteiger partial charge in [0.05, 0.1) is 5.56 Å². The minimum absolute atomic E-state index is 0.519. The van der Waals surface area contributed by atoms with Gasteiger partial charge >= 0.3 is 5.97 Å². The molecule has 6 heteroatoms. The number of benzene rings is 1. The molecule has 1 rings (SSSR count). The van der Waals surface area contributed by atoms with Crippen LogP contribution in [0.25, 0.3) is 0 Å². The van der Waals surface area contributed by atoms with Gasteiger partial charge in [-0.2, -0.15) is 0 Å². The molecule has 0 saturated heterocycles. The third-order valence-corrected chi connectivity index (χ3v) is 2.19. The fourth-order valence-electron chi connectivity index (χ4n) is 1.26. The van der Waals surface area contributed by atoms with E-state index >= 15 is 0 Å². The molecule has 0 aliphatic rings. The molecule has 1 aromatic rings. The largest absolute Gasteiger partial charge is 0.478 e. The van der Waals surface area contributed by atoms with Crippen molar-refractivity contribution >= 4 is 5.97 Å². The summed E-state index contributed by atoms with van der Waals surface area (Å²) in [6.07, 6.45) is 0. The molecule has 94 valence electrons. The maximum Gasteiger partial charge on any atom is 0.335 e. The van der Waals surface area contributed by atoms with Crippen LogP contribution in [0.3, 0.4) is 0 Å². The highest BCUT2D eigenvalue weighted by atomic mass is 19.3. The van der Waals surface area contributed by atoms with Crippen LogP contribution >= 0.6 is 0 Å². The molecule has 0 amide bonds. The van der Waals surface area contributed by atoms with Gasteiger partial charge in [-0.05, 0) is 18.2 Å². The Morgan fingerprint density at radius 3 is 1.59 bits per heavy atom. The van der Waals surface area contributed by atoms with Crippen LogP contribution < -0.4 is 0 Å². The topological polar surface area (TPSA) is 37.3 Å². The predicted octanol–water partition coefficient (Wildman–Crippen LogP) is 3.61. The van der Waals surface area contributed by atoms with E-state index < -0.39 is 34.5 Å². The van der Waals surface area contributed by atoms with Crippen molar-refractivity contribution in [3.05, 3.63) is 34.9 Å². The smallest absolute Gasteiger partial charge is 0.335 e. The van der Waals surface area contributed by atoms with Crippen LogP contribution in [0.1, 0.15) is 35.3 Å². The SMILES string of the molecule is CC(F)(F)c1cc(C(=O)O)cc(C(C)(F)F)c1. The second-order valence-corrected chi connectivity index (χ2v) is 3.88. The van der Waals surface area contributed by atoms with Crippen molar-refractivity contribution < 1.29 is 27.5 Å². The van der Waals surface area contributed by atoms with Crippen molar-refractivity contribution in [3.63, 3.8) is 0 Å². The second kappa shape index (κ2) is 4.01. The number of carbonyl (C=O) groups is 1. The van der Waals surface area contributed by atoms with E-state index in [-0.39, 0.29) is 0 Å². The number of alkyl halides is 4. The second-order valence-electron chi connectivity index (χ2n) is 3.88. The molecular weight excluding hydrogens is 240 g/mol. The Morgan fingerprint density at radius 1 is 1.00 bits per heavy atom. The Labute approximate surface area is 94.9 Å². The lowest BCUT2D eigenvalue weighted by molar-refractivity contribution is 0.0104. The standard InChI is InChI=1S/C11H10F4O2/c1-10(12,13)7-3-6(9(16)17)4-8(5-7)11(2,14)15/h3-5H,1-2H3,(H,16,17). The van der Waals surface area contributed by atoms with E-state index in [1.54, 1.807) is 0 Å². The van der Waals surface area contributed by atoms with E-state index in [2.05, 4.69) is 0 Å². The van der Waals surface area contributed by atoms with Gasteiger partial charge in [0, 0.05) is 25.0 Å². The molecular formula is C11H10F4O2. The minimum atomic E-state index is -3.37. The molecule has 17 heavy (non-hydrogen) atoms. The first kappa shape index (κ1) is 13.5. The fourth-order valence-corrected chi connectivity index (χ4v) is 1.26. The van der Waals surface area contributed by atoms with Crippen molar-refractivity contribution in [1.29, 1.82) is 0 Å². The first-order chi connectivity index (χ1) is 7.51. The highest BCUT2D eigenvalue weighted by molar-refractivity contribution is 5.88. The Balaban J connectivity index is 3.45. The lowest BCUT2D eigenvalue weighted by Gasteiger charge is -2.16. The van der Waals surface area contributed by atoms with Crippen LogP contribution in [0.15, 0.2) is 18.2 Å². The van der Waals surface area contributed by atoms with Crippen molar-refractivity contribution in [2.24, 2.45) is 0 Å². The van der Waals surface area contributed by atoms with Crippen molar-refractivity contribution in [2.75, 3.05) is 0 Å². The average molecular weight is 250 g/mol. The first-order valence-electron chi connectivity index (χ1n) is 4.67. The normalized spacial score (nSPS) is 12.6. The van der Waals surface area contributed by atoms with Crippen LogP contribution in [-0.4, -0.2) is 11.1 Å². The van der Waals surface area contributed by atoms with Crippen molar-refractivity contribution in [3.8, 4) is 0 Å². The molecule has 1 aromatic carbocycles. The zero-order valence-corrected chi connectivity index (χ0v) is 9.10. The van der Waals surface area contributed by atoms with Gasteiger partial charge in [-0.3, -0.25) is 0 Å². The molecule has 2 nitrogen and oxygen atoms in total. The predicted molar refractivity (Wildman–Crippen MR) is 52.5 cm³/mol. The van der Waals surface area contributed by atoms with E-state index in [9.17, 15) is 22.4 Å². The number of carboxylic acids is 1. The Bertz CT molecular complexity index is 412. The molecule has 0 unspecified atom stereocenters. The molecule has 0 radical (unpaired) electrons. The highest BCUT2D eigenvalue weighted by Crippen LogP contribution is 2.34. The third-order valence-electron chi connectivity index (χ3n) is 2.19. The van der Waals surface area contributed by atoms with Crippen LogP contribution in [0.5, 0.6) is 0 Å². The summed E-state index contributed by atoms with van der Waals surface area (Å²) in [5, 5.41) is 8.68. The van der Waals surface area contributed by atoms with Crippen LogP contribution in [-0.2, 0) is 11.8 Å². The molecule has 0 aliphatic carbocycles. The monoisotopic (exact) mass is 250 g/mol. The van der Waals surface area contributed by atoms with Crippen molar-refractivity contribution in [2.45, 2.75) is 25.7 Å². The van der Waals surface area contributed by atoms with E-state index in [1.165, 1.54) is 0 Å². The van der Waals surface area contributed by atoms with E-state index in [0.717, 1.165) is 0 Å². The maximum atomic E-state index is 13.0. The van der Waals surface area contributed by atoms with Gasteiger partial charge in [0.25, 0.3) is 11.8 Å². The summed E-state index contributed by atoms with van der Waals surface area (Å²) < 4.78 is 52.1. The van der Waals surface area contributed by atoms with E-state index in [1.807, 2.05) is 0 Å². The molecule has 0 spiro atoms. The number of hydrogen-bond acceptors (Lipinski definition) is 1. The zero-order valence-electron chi connectivity index (χ0n) is 9.10. The van der Waals surface area contributed by atoms with Gasteiger partial charge in [0.1, 0.15) is 0 Å². The van der Waals surface area contributed by atoms with E-state index in [4.69, 9.17) is 5.11 Å². The summed E-state index contributed by atoms with van der Waals surface area (Å²) in [6, 6.07) is 2.00. The van der Waals surface area contributed by atoms with Gasteiger partial charge < -0.3 is 5.11 Å². The van der Waals surface area contributed by atoms with Gasteiger partial charge in [-0.15, -0.1) is 0 Å². The molecule has 0 aliphatic heterocycles. The summed E-state index contributed by atoms with van der Waals surface area (Å²) in [5.74, 6) is -8.27. The molecule has 0 fully saturated rings. The fraction of sp³-hybridized carbons (Fsp3) is 0.364. The maximum absolute atomic E-state index is 13.0. The summed E-state index contributed by atoms with van der Waals surface area (Å²) in [7, 11) is 0. The number of aromatic carboxylic acids is 1. The molecule has 0 bridgehead atoms. The van der Waals surface area contributed by atoms with Gasteiger partial charge in [0.15, 0.2) is 0 Å². The average Bonchev–Trinajstić information content (AvgIpc) is 2.14. The number of hydrogen-bond donors (Lipinski definition) is 1. The summed E-state index contributed by atoms with van der Waals surface area (Å²) in [6.45, 7) is 1.04. The van der Waals surface area contributed by atoms with Gasteiger partial charge in [-0.1, -0.05) is 0 Å². The number of rotatable bonds is 3. The highest BCUT2D eigenvalue weighted by Gasteiger charge is 2.31. The molecule has 1 N–H and O–H groups in total. The lowest BCUT2D eigenvalue weighted by Crippen LogP contribution is -2.14. The number of halogens is 4. The molecule has 0 saturated carbocycles. The Hall–Kier alpha value is -1.59. The minimum Gasteiger partial charge on any atom is -0.478 e. The van der Waals surface area contributed by atoms with E-state index in [0.29, 0.717) is 32.0 Å². The lowest BCUT2D eigenvalue weighted by atomic mass is 9.99. The number of carboxylic acid groups (broad SMARTS) is 1. The van der Waals surface area contributed by atoms with Crippen LogP contribution in [0.2, 0.25) is 0 Å². The van der Waals surface area contributed by atoms with Crippen molar-refractivity contribution in [1.82, 2.24) is 0 Å². The Morgan fingerprint density at radius 2 is 1.35 bits per heavy atom. The molecule has 0 atom stereocenters. The third kappa shape index (κ3) is 3.18. The Kier molecular flexibility index (Phi) is 3.18.